The van der Waals surface area contributed by atoms with Gasteiger partial charge in [0.1, 0.15) is 29.0 Å². The van der Waals surface area contributed by atoms with Gasteiger partial charge in [0.2, 0.25) is 12.1 Å². The van der Waals surface area contributed by atoms with Crippen LogP contribution in [-0.2, 0) is 14.3 Å². The lowest BCUT2D eigenvalue weighted by Gasteiger charge is -2.20. The molecule has 51 heavy (non-hydrogen) atoms. The molecule has 1 amide bonds. The first-order valence-corrected chi connectivity index (χ1v) is 14.6. The van der Waals surface area contributed by atoms with Gasteiger partial charge in [-0.2, -0.15) is 18.2 Å². The topological polar surface area (TPSA) is 156 Å². The molecule has 0 aliphatic heterocycles. The number of fused-ring (bicyclic) bond motifs is 1. The molecule has 0 saturated carbocycles. The predicted octanol–water partition coefficient (Wildman–Crippen LogP) is 4.86. The molecule has 266 valence electrons. The highest BCUT2D eigenvalue weighted by molar-refractivity contribution is 5.98. The van der Waals surface area contributed by atoms with Gasteiger partial charge in [-0.3, -0.25) is 14.2 Å². The Balaban J connectivity index is 1.67. The lowest BCUT2D eigenvalue weighted by molar-refractivity contribution is -0.205. The standard InChI is InChI=1S/C33H24F7N5O6/c1-15-5-6-19(41-30(49)28(51-31(50)33(38,39)40)16-9-17(34)11-18(35)10-16)12-22(15)26-21-7-8-25(48)45(27-23(36)3-2-4-24(27)37)29(21)44-32(43-26)42-20(13-46)14-47/h2-12,20,28,46-47H,13-14H2,1H3,(H,41,49)(H,42,43,44). The first-order valence-electron chi connectivity index (χ1n) is 14.6. The summed E-state index contributed by atoms with van der Waals surface area (Å²) in [5, 5.41) is 24.2. The van der Waals surface area contributed by atoms with E-state index in [-0.39, 0.29) is 33.9 Å². The van der Waals surface area contributed by atoms with Gasteiger partial charge in [-0.1, -0.05) is 12.1 Å². The number of aliphatic hydroxyl groups is 2. The number of hydrogen-bond acceptors (Lipinski definition) is 9. The third-order valence-corrected chi connectivity index (χ3v) is 7.33. The van der Waals surface area contributed by atoms with Crippen LogP contribution in [0.2, 0.25) is 0 Å². The van der Waals surface area contributed by atoms with E-state index in [2.05, 4.69) is 25.3 Å². The fraction of sp³-hybridized carbons (Fsp3) is 0.182. The number of alkyl halides is 3. The molecule has 0 fully saturated rings. The van der Waals surface area contributed by atoms with Crippen LogP contribution >= 0.6 is 0 Å². The van der Waals surface area contributed by atoms with Crippen LogP contribution in [0.4, 0.5) is 42.4 Å². The number of aromatic nitrogens is 3. The number of aliphatic hydroxyl groups excluding tert-OH is 2. The summed E-state index contributed by atoms with van der Waals surface area (Å²) in [7, 11) is 0. The summed E-state index contributed by atoms with van der Waals surface area (Å²) in [6.45, 7) is 0.335. The highest BCUT2D eigenvalue weighted by atomic mass is 19.4. The maximum atomic E-state index is 15.0. The Kier molecular flexibility index (Phi) is 10.4. The van der Waals surface area contributed by atoms with Gasteiger partial charge in [0.25, 0.3) is 11.5 Å². The van der Waals surface area contributed by atoms with Crippen LogP contribution in [0.1, 0.15) is 17.2 Å². The number of benzene rings is 3. The van der Waals surface area contributed by atoms with E-state index in [9.17, 15) is 46.5 Å². The summed E-state index contributed by atoms with van der Waals surface area (Å²) < 4.78 is 102. The second kappa shape index (κ2) is 14.5. The first-order chi connectivity index (χ1) is 24.1. The van der Waals surface area contributed by atoms with Gasteiger partial charge in [0, 0.05) is 34.3 Å². The monoisotopic (exact) mass is 719 g/mol. The normalized spacial score (nSPS) is 12.2. The van der Waals surface area contributed by atoms with Crippen molar-refractivity contribution >= 4 is 34.5 Å². The number of nitrogens with one attached hydrogen (secondary N) is 2. The summed E-state index contributed by atoms with van der Waals surface area (Å²) in [6, 6.07) is 9.43. The molecule has 18 heteroatoms. The third-order valence-electron chi connectivity index (χ3n) is 7.33. The largest absolute Gasteiger partial charge is 0.490 e. The molecule has 2 heterocycles. The molecule has 1 atom stereocenters. The number of anilines is 2. The lowest BCUT2D eigenvalue weighted by atomic mass is 10.0. The second-order valence-corrected chi connectivity index (χ2v) is 10.9. The molecule has 11 nitrogen and oxygen atoms in total. The molecular formula is C33H24F7N5O6. The minimum absolute atomic E-state index is 0.0196. The average molecular weight is 720 g/mol. The summed E-state index contributed by atoms with van der Waals surface area (Å²) in [4.78, 5) is 46.8. The number of esters is 1. The van der Waals surface area contributed by atoms with Gasteiger partial charge in [-0.15, -0.1) is 0 Å². The third kappa shape index (κ3) is 7.81. The van der Waals surface area contributed by atoms with Crippen LogP contribution in [0.25, 0.3) is 28.0 Å². The van der Waals surface area contributed by atoms with E-state index >= 15 is 8.78 Å². The summed E-state index contributed by atoms with van der Waals surface area (Å²) >= 11 is 0. The highest BCUT2D eigenvalue weighted by Gasteiger charge is 2.44. The van der Waals surface area contributed by atoms with E-state index in [1.807, 2.05) is 0 Å². The van der Waals surface area contributed by atoms with E-state index in [1.54, 1.807) is 6.92 Å². The van der Waals surface area contributed by atoms with E-state index in [0.717, 1.165) is 24.3 Å². The van der Waals surface area contributed by atoms with E-state index in [1.165, 1.54) is 24.3 Å². The van der Waals surface area contributed by atoms with Crippen molar-refractivity contribution in [3.63, 3.8) is 0 Å². The number of aryl methyl sites for hydroxylation is 1. The number of hydrogen-bond donors (Lipinski definition) is 4. The van der Waals surface area contributed by atoms with Gasteiger partial charge in [0.15, 0.2) is 5.65 Å². The van der Waals surface area contributed by atoms with Crippen molar-refractivity contribution in [2.45, 2.75) is 25.2 Å². The molecule has 0 saturated heterocycles. The number of rotatable bonds is 10. The maximum absolute atomic E-state index is 15.0. The predicted molar refractivity (Wildman–Crippen MR) is 167 cm³/mol. The lowest BCUT2D eigenvalue weighted by Crippen LogP contribution is -2.32. The zero-order valence-electron chi connectivity index (χ0n) is 25.9. The zero-order valence-corrected chi connectivity index (χ0v) is 25.9. The van der Waals surface area contributed by atoms with Gasteiger partial charge in [-0.25, -0.2) is 27.3 Å². The molecule has 0 aliphatic rings. The minimum Gasteiger partial charge on any atom is -0.441 e. The number of nitrogens with zero attached hydrogens (tertiary/aromatic N) is 3. The van der Waals surface area contributed by atoms with Crippen LogP contribution in [0.15, 0.2) is 71.5 Å². The number of carbonyl (C=O) groups excluding carboxylic acids is 2. The second-order valence-electron chi connectivity index (χ2n) is 10.9. The number of halogens is 7. The summed E-state index contributed by atoms with van der Waals surface area (Å²) in [6.07, 6.45) is -8.05. The Morgan fingerprint density at radius 2 is 1.55 bits per heavy atom. The SMILES string of the molecule is Cc1ccc(NC(=O)C(OC(=O)C(F)(F)F)c2cc(F)cc(F)c2)cc1-c1nc(NC(CO)CO)nc2c1ccc(=O)n2-c1c(F)cccc1F. The average Bonchev–Trinajstić information content (AvgIpc) is 3.06. The van der Waals surface area contributed by atoms with Crippen LogP contribution in [0, 0.1) is 30.2 Å². The Labute approximate surface area is 282 Å². The smallest absolute Gasteiger partial charge is 0.441 e. The van der Waals surface area contributed by atoms with Crippen molar-refractivity contribution in [1.82, 2.24) is 14.5 Å². The quantitative estimate of drug-likeness (QED) is 0.117. The maximum Gasteiger partial charge on any atom is 0.490 e. The first kappa shape index (κ1) is 36.4. The Bertz CT molecular complexity index is 2170. The molecule has 5 aromatic rings. The zero-order chi connectivity index (χ0) is 37.2. The summed E-state index contributed by atoms with van der Waals surface area (Å²) in [5.74, 6) is -9.39. The van der Waals surface area contributed by atoms with Gasteiger partial charge >= 0.3 is 12.1 Å². The molecule has 3 aromatic carbocycles. The molecular weight excluding hydrogens is 695 g/mol. The van der Waals surface area contributed by atoms with E-state index in [0.29, 0.717) is 28.3 Å². The molecule has 0 radical (unpaired) electrons. The van der Waals surface area contributed by atoms with Gasteiger partial charge in [0.05, 0.1) is 24.9 Å². The van der Waals surface area contributed by atoms with Crippen molar-refractivity contribution < 1.29 is 55.3 Å². The fourth-order valence-electron chi connectivity index (χ4n) is 4.97. The molecule has 0 spiro atoms. The van der Waals surface area contributed by atoms with E-state index in [4.69, 9.17) is 0 Å². The van der Waals surface area contributed by atoms with Crippen molar-refractivity contribution in [2.24, 2.45) is 0 Å². The van der Waals surface area contributed by atoms with Crippen LogP contribution in [-0.4, -0.2) is 62.1 Å². The van der Waals surface area contributed by atoms with Crippen molar-refractivity contribution in [2.75, 3.05) is 23.8 Å². The summed E-state index contributed by atoms with van der Waals surface area (Å²) in [5.41, 5.74) is -2.42. The Morgan fingerprint density at radius 3 is 2.16 bits per heavy atom. The minimum atomic E-state index is -5.57. The van der Waals surface area contributed by atoms with Gasteiger partial charge in [-0.05, 0) is 55.0 Å². The van der Waals surface area contributed by atoms with Crippen molar-refractivity contribution in [3.05, 3.63) is 111 Å². The van der Waals surface area contributed by atoms with Crippen molar-refractivity contribution in [3.8, 4) is 16.9 Å². The molecule has 4 N–H and O–H groups in total. The fourth-order valence-corrected chi connectivity index (χ4v) is 4.97. The molecule has 0 aliphatic carbocycles. The number of pyridine rings is 1. The van der Waals surface area contributed by atoms with Crippen LogP contribution in [0.3, 0.4) is 0 Å². The molecule has 1 unspecified atom stereocenters. The number of carbonyl (C=O) groups is 2. The molecule has 2 aromatic heterocycles. The van der Waals surface area contributed by atoms with Gasteiger partial charge < -0.3 is 25.6 Å². The van der Waals surface area contributed by atoms with Crippen molar-refractivity contribution in [1.29, 1.82) is 0 Å². The van der Waals surface area contributed by atoms with Crippen LogP contribution in [0.5, 0.6) is 0 Å². The highest BCUT2D eigenvalue weighted by Crippen LogP contribution is 2.34. The number of amides is 1. The van der Waals surface area contributed by atoms with E-state index < -0.39 is 83.5 Å². The molecule has 5 rings (SSSR count). The Morgan fingerprint density at radius 1 is 0.902 bits per heavy atom. The Hall–Kier alpha value is -5.88. The van der Waals surface area contributed by atoms with Crippen LogP contribution < -0.4 is 16.2 Å². The number of ether oxygens (including phenoxy) is 1. The molecule has 0 bridgehead atoms. The number of para-hydroxylation sites is 1.